The quantitative estimate of drug-likeness (QED) is 0.219. The summed E-state index contributed by atoms with van der Waals surface area (Å²) in [5.41, 5.74) is 0.881. The molecular formula is C25H14F7NO. The molecule has 2 nitrogen and oxygen atoms in total. The van der Waals surface area contributed by atoms with Gasteiger partial charge in [0.1, 0.15) is 22.9 Å². The molecule has 1 heterocycles. The fraction of sp³-hybridized carbons (Fsp3) is 0.0800. The van der Waals surface area contributed by atoms with Crippen LogP contribution in [0.5, 0.6) is 5.75 Å². The molecule has 0 unspecified atom stereocenters. The van der Waals surface area contributed by atoms with Crippen molar-refractivity contribution in [2.75, 3.05) is 0 Å². The van der Waals surface area contributed by atoms with E-state index in [1.165, 1.54) is 12.3 Å². The molecule has 0 amide bonds. The number of alkyl halides is 2. The second-order valence-electron chi connectivity index (χ2n) is 7.43. The number of pyridine rings is 1. The first kappa shape index (κ1) is 23.3. The summed E-state index contributed by atoms with van der Waals surface area (Å²) in [5.74, 6) is -10.0. The summed E-state index contributed by atoms with van der Waals surface area (Å²) < 4.78 is 102. The monoisotopic (exact) mass is 477 g/mol. The highest BCUT2D eigenvalue weighted by Crippen LogP contribution is 2.37. The average molecular weight is 477 g/mol. The highest BCUT2D eigenvalue weighted by atomic mass is 19.3. The Kier molecular flexibility index (Phi) is 6.03. The number of rotatable bonds is 5. The second kappa shape index (κ2) is 8.81. The van der Waals surface area contributed by atoms with Gasteiger partial charge in [-0.05, 0) is 30.7 Å². The van der Waals surface area contributed by atoms with Gasteiger partial charge in [0.2, 0.25) is 0 Å². The molecule has 0 N–H and O–H groups in total. The van der Waals surface area contributed by atoms with Crippen LogP contribution in [0.4, 0.5) is 30.7 Å². The number of benzene rings is 3. The first-order valence-electron chi connectivity index (χ1n) is 9.79. The number of aryl methyl sites for hydroxylation is 1. The molecule has 1 aromatic heterocycles. The molecule has 0 aliphatic carbocycles. The third-order valence-electron chi connectivity index (χ3n) is 4.98. The first-order valence-corrected chi connectivity index (χ1v) is 9.79. The molecule has 3 aromatic carbocycles. The van der Waals surface area contributed by atoms with Crippen molar-refractivity contribution in [1.29, 1.82) is 0 Å². The number of hydrogen-bond acceptors (Lipinski definition) is 2. The highest BCUT2D eigenvalue weighted by Gasteiger charge is 2.41. The van der Waals surface area contributed by atoms with E-state index in [-0.39, 0.29) is 23.4 Å². The summed E-state index contributed by atoms with van der Waals surface area (Å²) in [7, 11) is 0. The van der Waals surface area contributed by atoms with E-state index in [4.69, 9.17) is 0 Å². The predicted octanol–water partition coefficient (Wildman–Crippen LogP) is 7.55. The van der Waals surface area contributed by atoms with Crippen LogP contribution in [0, 0.1) is 36.0 Å². The van der Waals surface area contributed by atoms with E-state index in [0.29, 0.717) is 12.1 Å². The van der Waals surface area contributed by atoms with Crippen LogP contribution < -0.4 is 4.74 Å². The van der Waals surface area contributed by atoms with Gasteiger partial charge in [0, 0.05) is 29.5 Å². The molecule has 0 fully saturated rings. The Morgan fingerprint density at radius 2 is 1.24 bits per heavy atom. The third kappa shape index (κ3) is 4.59. The maximum Gasteiger partial charge on any atom is 0.432 e. The molecule has 174 valence electrons. The minimum atomic E-state index is -4.66. The zero-order valence-electron chi connectivity index (χ0n) is 17.4. The number of halogens is 7. The Labute approximate surface area is 189 Å². The van der Waals surface area contributed by atoms with Crippen molar-refractivity contribution in [1.82, 2.24) is 4.98 Å². The van der Waals surface area contributed by atoms with Crippen molar-refractivity contribution in [2.24, 2.45) is 0 Å². The molecule has 0 atom stereocenters. The van der Waals surface area contributed by atoms with Crippen LogP contribution in [0.25, 0.3) is 22.4 Å². The van der Waals surface area contributed by atoms with Gasteiger partial charge >= 0.3 is 6.11 Å². The van der Waals surface area contributed by atoms with Crippen molar-refractivity contribution in [3.8, 4) is 28.1 Å². The van der Waals surface area contributed by atoms with Gasteiger partial charge < -0.3 is 4.74 Å². The molecule has 0 spiro atoms. The van der Waals surface area contributed by atoms with Crippen LogP contribution in [0.1, 0.15) is 11.1 Å². The van der Waals surface area contributed by atoms with Crippen molar-refractivity contribution in [3.63, 3.8) is 0 Å². The van der Waals surface area contributed by atoms with Gasteiger partial charge in [-0.25, -0.2) is 22.0 Å². The Morgan fingerprint density at radius 3 is 1.76 bits per heavy atom. The van der Waals surface area contributed by atoms with Crippen molar-refractivity contribution < 1.29 is 35.5 Å². The normalized spacial score (nSPS) is 11.5. The lowest BCUT2D eigenvalue weighted by Gasteiger charge is -2.20. The van der Waals surface area contributed by atoms with Crippen LogP contribution in [-0.4, -0.2) is 4.98 Å². The number of ether oxygens (including phenoxy) is 1. The minimum absolute atomic E-state index is 0.118. The number of nitrogens with zero attached hydrogens (tertiary/aromatic N) is 1. The lowest BCUT2D eigenvalue weighted by Crippen LogP contribution is -2.25. The standard InChI is InChI=1S/C25H14F7NO/c1-13-2-4-14(5-3-13)15-6-7-22(33-12-15)16-8-18(26)23(19(27)9-16)25(31,32)34-17-10-20(28)24(30)21(29)11-17/h2-12H,1H3. The van der Waals surface area contributed by atoms with E-state index in [1.807, 2.05) is 31.2 Å². The summed E-state index contributed by atoms with van der Waals surface area (Å²) in [6.45, 7) is 1.93. The Hall–Kier alpha value is -3.88. The Balaban J connectivity index is 1.63. The molecule has 0 saturated carbocycles. The maximum absolute atomic E-state index is 14.6. The van der Waals surface area contributed by atoms with Gasteiger partial charge in [0.25, 0.3) is 0 Å². The van der Waals surface area contributed by atoms with E-state index in [9.17, 15) is 30.7 Å². The molecule has 4 rings (SSSR count). The molecular weight excluding hydrogens is 463 g/mol. The minimum Gasteiger partial charge on any atom is -0.429 e. The Bertz CT molecular complexity index is 1310. The fourth-order valence-electron chi connectivity index (χ4n) is 3.27. The first-order chi connectivity index (χ1) is 16.0. The molecule has 9 heteroatoms. The summed E-state index contributed by atoms with van der Waals surface area (Å²) in [6.07, 6.45) is -3.19. The summed E-state index contributed by atoms with van der Waals surface area (Å²) in [4.78, 5) is 4.15. The van der Waals surface area contributed by atoms with Gasteiger partial charge in [-0.15, -0.1) is 0 Å². The molecule has 0 bridgehead atoms. The van der Waals surface area contributed by atoms with E-state index >= 15 is 0 Å². The molecule has 0 radical (unpaired) electrons. The van der Waals surface area contributed by atoms with Crippen LogP contribution in [0.3, 0.4) is 0 Å². The maximum atomic E-state index is 14.6. The van der Waals surface area contributed by atoms with E-state index in [1.54, 1.807) is 6.07 Å². The van der Waals surface area contributed by atoms with Crippen LogP contribution >= 0.6 is 0 Å². The zero-order valence-corrected chi connectivity index (χ0v) is 17.4. The molecule has 4 aromatic rings. The summed E-state index contributed by atoms with van der Waals surface area (Å²) in [6, 6.07) is 12.2. The van der Waals surface area contributed by atoms with Crippen molar-refractivity contribution in [3.05, 3.63) is 107 Å². The van der Waals surface area contributed by atoms with E-state index in [0.717, 1.165) is 16.7 Å². The van der Waals surface area contributed by atoms with Crippen LogP contribution in [0.15, 0.2) is 66.9 Å². The molecule has 0 aliphatic rings. The van der Waals surface area contributed by atoms with Crippen LogP contribution in [-0.2, 0) is 6.11 Å². The van der Waals surface area contributed by atoms with Gasteiger partial charge in [0.05, 0.1) is 5.69 Å². The number of aromatic nitrogens is 1. The molecule has 34 heavy (non-hydrogen) atoms. The second-order valence-corrected chi connectivity index (χ2v) is 7.43. The predicted molar refractivity (Wildman–Crippen MR) is 111 cm³/mol. The average Bonchev–Trinajstić information content (AvgIpc) is 2.77. The lowest BCUT2D eigenvalue weighted by molar-refractivity contribution is -0.189. The smallest absolute Gasteiger partial charge is 0.429 e. The zero-order chi connectivity index (χ0) is 24.6. The highest BCUT2D eigenvalue weighted by molar-refractivity contribution is 5.67. The summed E-state index contributed by atoms with van der Waals surface area (Å²) >= 11 is 0. The lowest BCUT2D eigenvalue weighted by atomic mass is 10.0. The van der Waals surface area contributed by atoms with Crippen LogP contribution in [0.2, 0.25) is 0 Å². The SMILES string of the molecule is Cc1ccc(-c2ccc(-c3cc(F)c(C(F)(F)Oc4cc(F)c(F)c(F)c4)c(F)c3)nc2)cc1. The Morgan fingerprint density at radius 1 is 0.676 bits per heavy atom. The third-order valence-corrected chi connectivity index (χ3v) is 4.98. The van der Waals surface area contributed by atoms with Crippen molar-refractivity contribution in [2.45, 2.75) is 13.0 Å². The van der Waals surface area contributed by atoms with Crippen molar-refractivity contribution >= 4 is 0 Å². The van der Waals surface area contributed by atoms with Gasteiger partial charge in [-0.2, -0.15) is 8.78 Å². The fourth-order valence-corrected chi connectivity index (χ4v) is 3.27. The van der Waals surface area contributed by atoms with Gasteiger partial charge in [0.15, 0.2) is 17.5 Å². The van der Waals surface area contributed by atoms with E-state index < -0.39 is 46.5 Å². The van der Waals surface area contributed by atoms with Gasteiger partial charge in [-0.3, -0.25) is 4.98 Å². The topological polar surface area (TPSA) is 22.1 Å². The molecule has 0 aliphatic heterocycles. The number of hydrogen-bond donors (Lipinski definition) is 0. The largest absolute Gasteiger partial charge is 0.432 e. The van der Waals surface area contributed by atoms with Gasteiger partial charge in [-0.1, -0.05) is 35.9 Å². The molecule has 0 saturated heterocycles. The van der Waals surface area contributed by atoms with E-state index in [2.05, 4.69) is 9.72 Å². The summed E-state index contributed by atoms with van der Waals surface area (Å²) in [5, 5.41) is 0.